The molecule has 1 fully saturated rings. The van der Waals surface area contributed by atoms with E-state index in [9.17, 15) is 0 Å². The van der Waals surface area contributed by atoms with Gasteiger partial charge in [0.2, 0.25) is 0 Å². The van der Waals surface area contributed by atoms with E-state index in [0.29, 0.717) is 12.5 Å². The van der Waals surface area contributed by atoms with Crippen LogP contribution in [0.25, 0.3) is 0 Å². The van der Waals surface area contributed by atoms with Crippen LogP contribution in [0.4, 0.5) is 0 Å². The van der Waals surface area contributed by atoms with E-state index in [-0.39, 0.29) is 5.41 Å². The molecular formula is C14H26N2. The molecule has 1 rings (SSSR count). The molecule has 0 bridgehead atoms. The second-order valence-corrected chi connectivity index (χ2v) is 6.04. The zero-order valence-corrected chi connectivity index (χ0v) is 11.1. The van der Waals surface area contributed by atoms with Crippen LogP contribution in [0.5, 0.6) is 0 Å². The number of hydrogen-bond acceptors (Lipinski definition) is 2. The maximum atomic E-state index is 8.61. The third-order valence-corrected chi connectivity index (χ3v) is 3.92. The summed E-state index contributed by atoms with van der Waals surface area (Å²) in [7, 11) is 0. The van der Waals surface area contributed by atoms with Gasteiger partial charge in [0.05, 0.1) is 6.07 Å². The van der Waals surface area contributed by atoms with E-state index >= 15 is 0 Å². The van der Waals surface area contributed by atoms with Gasteiger partial charge in [0.25, 0.3) is 0 Å². The molecule has 1 atom stereocenters. The van der Waals surface area contributed by atoms with Crippen molar-refractivity contribution in [3.63, 3.8) is 0 Å². The van der Waals surface area contributed by atoms with Crippen LogP contribution in [0.2, 0.25) is 0 Å². The standard InChI is InChI=1S/C14H26N2/c1-12(13-7-4-5-8-13)16-11-14(2,3)9-6-10-15/h12-13,16H,4-9,11H2,1-3H3/t12-/m0/s1. The van der Waals surface area contributed by atoms with Crippen molar-refractivity contribution in [1.82, 2.24) is 5.32 Å². The van der Waals surface area contributed by atoms with Gasteiger partial charge >= 0.3 is 0 Å². The molecule has 1 aliphatic rings. The lowest BCUT2D eigenvalue weighted by molar-refractivity contribution is 0.276. The van der Waals surface area contributed by atoms with Gasteiger partial charge in [-0.25, -0.2) is 0 Å². The minimum absolute atomic E-state index is 0.253. The Morgan fingerprint density at radius 3 is 2.56 bits per heavy atom. The fourth-order valence-electron chi connectivity index (χ4n) is 2.54. The van der Waals surface area contributed by atoms with Crippen molar-refractivity contribution in [3.8, 4) is 6.07 Å². The van der Waals surface area contributed by atoms with Crippen molar-refractivity contribution >= 4 is 0 Å². The van der Waals surface area contributed by atoms with Crippen LogP contribution in [-0.2, 0) is 0 Å². The Balaban J connectivity index is 2.24. The molecule has 2 nitrogen and oxygen atoms in total. The summed E-state index contributed by atoms with van der Waals surface area (Å²) in [5.74, 6) is 0.881. The molecule has 1 aliphatic carbocycles. The van der Waals surface area contributed by atoms with E-state index in [2.05, 4.69) is 32.2 Å². The van der Waals surface area contributed by atoms with E-state index in [1.165, 1.54) is 25.7 Å². The van der Waals surface area contributed by atoms with Crippen molar-refractivity contribution in [3.05, 3.63) is 0 Å². The summed E-state index contributed by atoms with van der Waals surface area (Å²) >= 11 is 0. The first-order chi connectivity index (χ1) is 7.55. The van der Waals surface area contributed by atoms with Crippen molar-refractivity contribution in [2.45, 2.75) is 65.3 Å². The van der Waals surface area contributed by atoms with Gasteiger partial charge in [-0.05, 0) is 37.5 Å². The summed E-state index contributed by atoms with van der Waals surface area (Å²) in [4.78, 5) is 0. The molecule has 1 saturated carbocycles. The smallest absolute Gasteiger partial charge is 0.0621 e. The van der Waals surface area contributed by atoms with Crippen molar-refractivity contribution < 1.29 is 0 Å². The Hall–Kier alpha value is -0.550. The molecule has 16 heavy (non-hydrogen) atoms. The minimum Gasteiger partial charge on any atom is -0.313 e. The fraction of sp³-hybridized carbons (Fsp3) is 0.929. The Bertz CT molecular complexity index is 234. The van der Waals surface area contributed by atoms with Gasteiger partial charge in [-0.1, -0.05) is 26.7 Å². The second-order valence-electron chi connectivity index (χ2n) is 6.04. The van der Waals surface area contributed by atoms with Crippen LogP contribution in [0, 0.1) is 22.7 Å². The van der Waals surface area contributed by atoms with E-state index in [0.717, 1.165) is 18.9 Å². The first-order valence-electron chi connectivity index (χ1n) is 6.65. The predicted octanol–water partition coefficient (Wildman–Crippen LogP) is 3.48. The van der Waals surface area contributed by atoms with E-state index in [1.54, 1.807) is 0 Å². The lowest BCUT2D eigenvalue weighted by Gasteiger charge is -2.28. The molecule has 0 amide bonds. The Labute approximate surface area is 100 Å². The van der Waals surface area contributed by atoms with Gasteiger partial charge in [0.1, 0.15) is 0 Å². The third kappa shape index (κ3) is 4.53. The number of rotatable bonds is 6. The normalized spacial score (nSPS) is 19.6. The average Bonchev–Trinajstić information content (AvgIpc) is 2.77. The fourth-order valence-corrected chi connectivity index (χ4v) is 2.54. The maximum Gasteiger partial charge on any atom is 0.0621 e. The first kappa shape index (κ1) is 13.5. The Kier molecular flexibility index (Phi) is 5.28. The van der Waals surface area contributed by atoms with Crippen molar-refractivity contribution in [1.29, 1.82) is 5.26 Å². The molecule has 0 aromatic carbocycles. The maximum absolute atomic E-state index is 8.61. The topological polar surface area (TPSA) is 35.8 Å². The van der Waals surface area contributed by atoms with Gasteiger partial charge in [0.15, 0.2) is 0 Å². The largest absolute Gasteiger partial charge is 0.313 e. The number of nitrogens with one attached hydrogen (secondary N) is 1. The number of nitriles is 1. The molecule has 0 aromatic rings. The number of hydrogen-bond donors (Lipinski definition) is 1. The summed E-state index contributed by atoms with van der Waals surface area (Å²) < 4.78 is 0. The van der Waals surface area contributed by atoms with Crippen LogP contribution in [0.3, 0.4) is 0 Å². The summed E-state index contributed by atoms with van der Waals surface area (Å²) in [5.41, 5.74) is 0.253. The number of nitrogens with zero attached hydrogens (tertiary/aromatic N) is 1. The van der Waals surface area contributed by atoms with Gasteiger partial charge < -0.3 is 5.32 Å². The zero-order chi connectivity index (χ0) is 12.0. The molecule has 0 unspecified atom stereocenters. The van der Waals surface area contributed by atoms with E-state index in [1.807, 2.05) is 0 Å². The van der Waals surface area contributed by atoms with E-state index < -0.39 is 0 Å². The molecule has 0 saturated heterocycles. The molecule has 0 aliphatic heterocycles. The summed E-state index contributed by atoms with van der Waals surface area (Å²) in [6.07, 6.45) is 7.28. The van der Waals surface area contributed by atoms with E-state index in [4.69, 9.17) is 5.26 Å². The van der Waals surface area contributed by atoms with Gasteiger partial charge in [-0.2, -0.15) is 5.26 Å². The van der Waals surface area contributed by atoms with Crippen LogP contribution >= 0.6 is 0 Å². The van der Waals surface area contributed by atoms with Crippen molar-refractivity contribution in [2.75, 3.05) is 6.54 Å². The molecular weight excluding hydrogens is 196 g/mol. The summed E-state index contributed by atoms with van der Waals surface area (Å²) in [6, 6.07) is 2.88. The summed E-state index contributed by atoms with van der Waals surface area (Å²) in [5, 5.41) is 12.3. The van der Waals surface area contributed by atoms with Gasteiger partial charge in [-0.3, -0.25) is 0 Å². The zero-order valence-electron chi connectivity index (χ0n) is 11.1. The molecule has 2 heteroatoms. The lowest BCUT2D eigenvalue weighted by Crippen LogP contribution is -2.38. The average molecular weight is 222 g/mol. The molecule has 0 radical (unpaired) electrons. The molecule has 1 N–H and O–H groups in total. The first-order valence-corrected chi connectivity index (χ1v) is 6.65. The third-order valence-electron chi connectivity index (χ3n) is 3.92. The van der Waals surface area contributed by atoms with Crippen LogP contribution < -0.4 is 5.32 Å². The SMILES string of the molecule is C[C@H](NCC(C)(C)CCC#N)C1CCCC1. The molecule has 0 aromatic heterocycles. The minimum atomic E-state index is 0.253. The monoisotopic (exact) mass is 222 g/mol. The molecule has 0 spiro atoms. The highest BCUT2D eigenvalue weighted by atomic mass is 14.9. The highest BCUT2D eigenvalue weighted by molar-refractivity contribution is 4.82. The van der Waals surface area contributed by atoms with Crippen LogP contribution in [0.1, 0.15) is 59.3 Å². The highest BCUT2D eigenvalue weighted by Crippen LogP contribution is 2.28. The Morgan fingerprint density at radius 2 is 2.00 bits per heavy atom. The highest BCUT2D eigenvalue weighted by Gasteiger charge is 2.24. The predicted molar refractivity (Wildman–Crippen MR) is 68.1 cm³/mol. The Morgan fingerprint density at radius 1 is 1.38 bits per heavy atom. The van der Waals surface area contributed by atoms with Crippen LogP contribution in [0.15, 0.2) is 0 Å². The van der Waals surface area contributed by atoms with Gasteiger partial charge in [0, 0.05) is 19.0 Å². The summed E-state index contributed by atoms with van der Waals surface area (Å²) in [6.45, 7) is 7.85. The van der Waals surface area contributed by atoms with Crippen LogP contribution in [-0.4, -0.2) is 12.6 Å². The molecule has 0 heterocycles. The molecule has 92 valence electrons. The van der Waals surface area contributed by atoms with Crippen molar-refractivity contribution in [2.24, 2.45) is 11.3 Å². The van der Waals surface area contributed by atoms with Gasteiger partial charge in [-0.15, -0.1) is 0 Å². The second kappa shape index (κ2) is 6.25. The quantitative estimate of drug-likeness (QED) is 0.747. The lowest BCUT2D eigenvalue weighted by atomic mass is 9.87.